The average Bonchev–Trinajstić information content (AvgIpc) is 2.78. The van der Waals surface area contributed by atoms with Crippen LogP contribution >= 0.6 is 0 Å². The zero-order valence-electron chi connectivity index (χ0n) is 20.9. The van der Waals surface area contributed by atoms with Gasteiger partial charge in [-0.15, -0.1) is 0 Å². The van der Waals surface area contributed by atoms with Gasteiger partial charge in [-0.05, 0) is 124 Å². The molecule has 0 N–H and O–H groups in total. The molecule has 8 saturated carbocycles. The molecular formula is C32H42N2+2. The van der Waals surface area contributed by atoms with Crippen LogP contribution in [-0.4, -0.2) is 0 Å². The van der Waals surface area contributed by atoms with Crippen molar-refractivity contribution in [2.45, 2.75) is 90.1 Å². The maximum atomic E-state index is 2.51. The Kier molecular flexibility index (Phi) is 4.46. The van der Waals surface area contributed by atoms with Gasteiger partial charge in [0.05, 0.1) is 0 Å². The largest absolute Gasteiger partial charge is 0.204 e. The minimum atomic E-state index is 0.608. The first-order valence-electron chi connectivity index (χ1n) is 14.6. The summed E-state index contributed by atoms with van der Waals surface area (Å²) in [6.45, 7) is 2.49. The van der Waals surface area contributed by atoms with E-state index in [1.807, 2.05) is 0 Å². The van der Waals surface area contributed by atoms with E-state index < -0.39 is 0 Å². The number of pyridine rings is 2. The third-order valence-electron chi connectivity index (χ3n) is 11.5. The number of hydrogen-bond donors (Lipinski definition) is 0. The van der Waals surface area contributed by atoms with E-state index in [-0.39, 0.29) is 0 Å². The first-order chi connectivity index (χ1) is 16.6. The lowest BCUT2D eigenvalue weighted by Gasteiger charge is -2.55. The van der Waals surface area contributed by atoms with Gasteiger partial charge < -0.3 is 0 Å². The molecule has 0 saturated heterocycles. The molecule has 0 spiro atoms. The van der Waals surface area contributed by atoms with E-state index in [4.69, 9.17) is 0 Å². The topological polar surface area (TPSA) is 7.76 Å². The third-order valence-corrected chi connectivity index (χ3v) is 11.5. The Bertz CT molecular complexity index is 907. The molecule has 0 unspecified atom stereocenters. The summed E-state index contributed by atoms with van der Waals surface area (Å²) < 4.78 is 5.01. The van der Waals surface area contributed by atoms with Gasteiger partial charge in [-0.1, -0.05) is 0 Å². The maximum absolute atomic E-state index is 2.51. The predicted molar refractivity (Wildman–Crippen MR) is 133 cm³/mol. The van der Waals surface area contributed by atoms with Gasteiger partial charge in [0.15, 0.2) is 37.9 Å². The SMILES string of the molecule is c1c[n+](CC23CC4CC(CC(C4)C2)C3)ccc1-c1cc[n+](CC23CC4CC(CC(C4)C2)C3)cc1. The molecule has 8 fully saturated rings. The second-order valence-corrected chi connectivity index (χ2v) is 14.4. The molecule has 2 heteroatoms. The highest BCUT2D eigenvalue weighted by Gasteiger charge is 2.53. The van der Waals surface area contributed by atoms with Gasteiger partial charge in [-0.2, -0.15) is 0 Å². The normalized spacial score (nSPS) is 43.5. The fourth-order valence-corrected chi connectivity index (χ4v) is 11.3. The molecule has 2 nitrogen and oxygen atoms in total. The minimum absolute atomic E-state index is 0.608. The summed E-state index contributed by atoms with van der Waals surface area (Å²) in [5.41, 5.74) is 3.94. The monoisotopic (exact) mass is 454 g/mol. The molecule has 8 bridgehead atoms. The molecular weight excluding hydrogens is 412 g/mol. The number of nitrogens with zero attached hydrogens (tertiary/aromatic N) is 2. The molecule has 178 valence electrons. The highest BCUT2D eigenvalue weighted by atomic mass is 15.0. The summed E-state index contributed by atoms with van der Waals surface area (Å²) in [5.74, 6) is 6.25. The molecule has 2 aromatic rings. The van der Waals surface area contributed by atoms with Gasteiger partial charge in [0.2, 0.25) is 0 Å². The second kappa shape index (κ2) is 7.40. The van der Waals surface area contributed by atoms with Crippen LogP contribution in [0.3, 0.4) is 0 Å². The highest BCUT2D eigenvalue weighted by Crippen LogP contribution is 2.61. The quantitative estimate of drug-likeness (QED) is 0.464. The summed E-state index contributed by atoms with van der Waals surface area (Å²) in [6.07, 6.45) is 27.7. The van der Waals surface area contributed by atoms with E-state index in [1.165, 1.54) is 62.7 Å². The Morgan fingerprint density at radius 3 is 1.00 bits per heavy atom. The van der Waals surface area contributed by atoms with Crippen molar-refractivity contribution in [3.63, 3.8) is 0 Å². The zero-order chi connectivity index (χ0) is 22.3. The lowest BCUT2D eigenvalue weighted by atomic mass is 9.49. The van der Waals surface area contributed by atoms with Crippen LogP contribution in [0.4, 0.5) is 0 Å². The smallest absolute Gasteiger partial charge is 0.169 e. The maximum Gasteiger partial charge on any atom is 0.169 e. The molecule has 2 heterocycles. The van der Waals surface area contributed by atoms with Crippen molar-refractivity contribution < 1.29 is 9.13 Å². The summed E-state index contributed by atoms with van der Waals surface area (Å²) in [5, 5.41) is 0. The van der Waals surface area contributed by atoms with Gasteiger partial charge in [-0.3, -0.25) is 0 Å². The standard InChI is InChI=1S/C32H42N2/c1-5-33(21-31-15-23-9-24(16-31)11-25(10-23)17-31)6-2-29(1)30-3-7-34(8-4-30)22-32-18-26-12-27(19-32)14-28(13-26)20-32/h1-8,23-28H,9-22H2/q+2. The predicted octanol–water partition coefficient (Wildman–Crippen LogP) is 6.36. The van der Waals surface area contributed by atoms with Crippen molar-refractivity contribution in [3.05, 3.63) is 49.1 Å². The highest BCUT2D eigenvalue weighted by molar-refractivity contribution is 5.60. The van der Waals surface area contributed by atoms with E-state index >= 15 is 0 Å². The fourth-order valence-electron chi connectivity index (χ4n) is 11.3. The third kappa shape index (κ3) is 3.49. The zero-order valence-corrected chi connectivity index (χ0v) is 20.9. The van der Waals surface area contributed by atoms with Crippen molar-refractivity contribution >= 4 is 0 Å². The molecule has 34 heavy (non-hydrogen) atoms. The number of hydrogen-bond acceptors (Lipinski definition) is 0. The number of aromatic nitrogens is 2. The minimum Gasteiger partial charge on any atom is -0.204 e. The molecule has 10 rings (SSSR count). The first kappa shape index (κ1) is 20.5. The van der Waals surface area contributed by atoms with Crippen molar-refractivity contribution in [2.24, 2.45) is 46.3 Å². The fraction of sp³-hybridized carbons (Fsp3) is 0.688. The first-order valence-corrected chi connectivity index (χ1v) is 14.6. The van der Waals surface area contributed by atoms with Crippen LogP contribution in [0.25, 0.3) is 11.1 Å². The summed E-state index contributed by atoms with van der Waals surface area (Å²) in [7, 11) is 0. The second-order valence-electron chi connectivity index (χ2n) is 14.4. The van der Waals surface area contributed by atoms with E-state index in [2.05, 4.69) is 58.2 Å². The van der Waals surface area contributed by atoms with Crippen LogP contribution in [-0.2, 0) is 13.1 Å². The Morgan fingerprint density at radius 2 is 0.735 bits per heavy atom. The summed E-state index contributed by atoms with van der Waals surface area (Å²) in [6, 6.07) is 9.44. The van der Waals surface area contributed by atoms with Crippen molar-refractivity contribution in [3.8, 4) is 11.1 Å². The van der Waals surface area contributed by atoms with Crippen LogP contribution in [0, 0.1) is 46.3 Å². The summed E-state index contributed by atoms with van der Waals surface area (Å²) >= 11 is 0. The molecule has 0 amide bonds. The van der Waals surface area contributed by atoms with Crippen molar-refractivity contribution in [1.29, 1.82) is 0 Å². The molecule has 0 aromatic carbocycles. The molecule has 0 aliphatic heterocycles. The van der Waals surface area contributed by atoms with Crippen LogP contribution in [0.15, 0.2) is 49.1 Å². The summed E-state index contributed by atoms with van der Waals surface area (Å²) in [4.78, 5) is 0. The van der Waals surface area contributed by atoms with Crippen molar-refractivity contribution in [1.82, 2.24) is 0 Å². The Labute approximate surface area is 205 Å². The lowest BCUT2D eigenvalue weighted by molar-refractivity contribution is -0.712. The van der Waals surface area contributed by atoms with E-state index in [1.54, 1.807) is 38.5 Å². The van der Waals surface area contributed by atoms with Gasteiger partial charge in [0.1, 0.15) is 0 Å². The molecule has 8 aliphatic rings. The van der Waals surface area contributed by atoms with Crippen molar-refractivity contribution in [2.75, 3.05) is 0 Å². The van der Waals surface area contributed by atoms with Gasteiger partial charge in [0.25, 0.3) is 0 Å². The van der Waals surface area contributed by atoms with E-state index in [9.17, 15) is 0 Å². The molecule has 8 aliphatic carbocycles. The lowest BCUT2D eigenvalue weighted by Crippen LogP contribution is -2.53. The van der Waals surface area contributed by atoms with E-state index in [0.717, 1.165) is 35.5 Å². The van der Waals surface area contributed by atoms with Crippen LogP contribution in [0.2, 0.25) is 0 Å². The molecule has 0 radical (unpaired) electrons. The Balaban J connectivity index is 0.958. The van der Waals surface area contributed by atoms with E-state index in [0.29, 0.717) is 10.8 Å². The Hall–Kier alpha value is -1.70. The van der Waals surface area contributed by atoms with Gasteiger partial charge >= 0.3 is 0 Å². The van der Waals surface area contributed by atoms with Gasteiger partial charge in [-0.25, -0.2) is 9.13 Å². The van der Waals surface area contributed by atoms with Crippen LogP contribution in [0.5, 0.6) is 0 Å². The van der Waals surface area contributed by atoms with Crippen LogP contribution in [0.1, 0.15) is 77.0 Å². The van der Waals surface area contributed by atoms with Gasteiger partial charge in [0, 0.05) is 35.1 Å². The number of rotatable bonds is 5. The average molecular weight is 455 g/mol. The molecule has 0 atom stereocenters. The van der Waals surface area contributed by atoms with Crippen LogP contribution < -0.4 is 9.13 Å². The molecule has 2 aromatic heterocycles. The Morgan fingerprint density at radius 1 is 0.471 bits per heavy atom.